The summed E-state index contributed by atoms with van der Waals surface area (Å²) in [6.45, 7) is 4.40. The van der Waals surface area contributed by atoms with Crippen molar-refractivity contribution in [2.45, 2.75) is 26.7 Å². The van der Waals surface area contributed by atoms with Crippen LogP contribution in [0.25, 0.3) is 33.1 Å². The maximum absolute atomic E-state index is 6.47. The molecular weight excluding hydrogens is 336 g/mol. The first kappa shape index (κ1) is 17.2. The fraction of sp³-hybridized carbons (Fsp3) is 0.250. The standard InChI is InChI=1S/C24H24OS/c1-3-15-26-16-14-18-9-6-11-21-22-13-7-12-20(24(22)25-23(18)21)19-10-5-4-8-17(19)2/h4-13H,3,14-16H2,1-2H3. The number of benzene rings is 3. The molecule has 1 heterocycles. The highest BCUT2D eigenvalue weighted by atomic mass is 32.2. The summed E-state index contributed by atoms with van der Waals surface area (Å²) in [4.78, 5) is 0. The van der Waals surface area contributed by atoms with Crippen LogP contribution in [-0.2, 0) is 6.42 Å². The number of hydrogen-bond donors (Lipinski definition) is 0. The van der Waals surface area contributed by atoms with Crippen LogP contribution in [0.5, 0.6) is 0 Å². The molecular formula is C24H24OS. The minimum Gasteiger partial charge on any atom is -0.455 e. The van der Waals surface area contributed by atoms with Gasteiger partial charge in [0.05, 0.1) is 0 Å². The van der Waals surface area contributed by atoms with Gasteiger partial charge < -0.3 is 4.42 Å². The van der Waals surface area contributed by atoms with Crippen LogP contribution >= 0.6 is 11.8 Å². The van der Waals surface area contributed by atoms with Gasteiger partial charge in [-0.2, -0.15) is 11.8 Å². The van der Waals surface area contributed by atoms with E-state index in [1.807, 2.05) is 11.8 Å². The van der Waals surface area contributed by atoms with E-state index in [9.17, 15) is 0 Å². The first-order chi connectivity index (χ1) is 12.8. The molecule has 0 aliphatic rings. The minimum atomic E-state index is 1.01. The van der Waals surface area contributed by atoms with Crippen LogP contribution in [-0.4, -0.2) is 11.5 Å². The lowest BCUT2D eigenvalue weighted by atomic mass is 9.98. The quantitative estimate of drug-likeness (QED) is 0.336. The maximum atomic E-state index is 6.47. The fourth-order valence-corrected chi connectivity index (χ4v) is 4.45. The second-order valence-electron chi connectivity index (χ2n) is 6.76. The van der Waals surface area contributed by atoms with E-state index in [1.165, 1.54) is 45.2 Å². The first-order valence-corrected chi connectivity index (χ1v) is 10.5. The predicted molar refractivity (Wildman–Crippen MR) is 115 cm³/mol. The van der Waals surface area contributed by atoms with Crippen molar-refractivity contribution in [3.8, 4) is 11.1 Å². The lowest BCUT2D eigenvalue weighted by Crippen LogP contribution is -1.90. The molecule has 0 saturated carbocycles. The molecule has 0 fully saturated rings. The molecule has 0 amide bonds. The highest BCUT2D eigenvalue weighted by Crippen LogP contribution is 2.38. The Bertz CT molecular complexity index is 1040. The third-order valence-corrected chi connectivity index (χ3v) is 6.10. The molecule has 0 spiro atoms. The number of rotatable bonds is 6. The molecule has 0 N–H and O–H groups in total. The van der Waals surface area contributed by atoms with Gasteiger partial charge >= 0.3 is 0 Å². The number of aryl methyl sites for hydroxylation is 2. The average molecular weight is 361 g/mol. The van der Waals surface area contributed by atoms with E-state index in [2.05, 4.69) is 74.5 Å². The van der Waals surface area contributed by atoms with Crippen LogP contribution < -0.4 is 0 Å². The van der Waals surface area contributed by atoms with E-state index in [-0.39, 0.29) is 0 Å². The molecule has 4 aromatic rings. The second-order valence-corrected chi connectivity index (χ2v) is 7.98. The average Bonchev–Trinajstić information content (AvgIpc) is 3.05. The van der Waals surface area contributed by atoms with Crippen molar-refractivity contribution in [2.75, 3.05) is 11.5 Å². The van der Waals surface area contributed by atoms with Crippen molar-refractivity contribution in [1.29, 1.82) is 0 Å². The number of furan rings is 1. The molecule has 0 bridgehead atoms. The van der Waals surface area contributed by atoms with Gasteiger partial charge in [-0.1, -0.05) is 67.6 Å². The van der Waals surface area contributed by atoms with Crippen LogP contribution in [0.3, 0.4) is 0 Å². The van der Waals surface area contributed by atoms with Gasteiger partial charge in [-0.3, -0.25) is 0 Å². The van der Waals surface area contributed by atoms with Crippen LogP contribution in [0, 0.1) is 6.92 Å². The molecule has 4 rings (SSSR count). The molecule has 132 valence electrons. The van der Waals surface area contributed by atoms with E-state index < -0.39 is 0 Å². The second kappa shape index (κ2) is 7.59. The van der Waals surface area contributed by atoms with Gasteiger partial charge in [0.2, 0.25) is 0 Å². The Morgan fingerprint density at radius 2 is 1.50 bits per heavy atom. The van der Waals surface area contributed by atoms with Crippen LogP contribution in [0.4, 0.5) is 0 Å². The summed E-state index contributed by atoms with van der Waals surface area (Å²) in [7, 11) is 0. The smallest absolute Gasteiger partial charge is 0.143 e. The molecule has 0 unspecified atom stereocenters. The highest BCUT2D eigenvalue weighted by molar-refractivity contribution is 7.99. The molecule has 2 heteroatoms. The monoisotopic (exact) mass is 360 g/mol. The van der Waals surface area contributed by atoms with Crippen molar-refractivity contribution < 1.29 is 4.42 Å². The Morgan fingerprint density at radius 3 is 2.31 bits per heavy atom. The molecule has 1 nitrogen and oxygen atoms in total. The number of para-hydroxylation sites is 2. The van der Waals surface area contributed by atoms with Gasteiger partial charge in [0.15, 0.2) is 0 Å². The summed E-state index contributed by atoms with van der Waals surface area (Å²) in [5, 5.41) is 2.44. The molecule has 0 aliphatic heterocycles. The van der Waals surface area contributed by atoms with Crippen molar-refractivity contribution in [1.82, 2.24) is 0 Å². The summed E-state index contributed by atoms with van der Waals surface area (Å²) in [5.41, 5.74) is 7.08. The highest BCUT2D eigenvalue weighted by Gasteiger charge is 2.15. The van der Waals surface area contributed by atoms with Crippen molar-refractivity contribution in [2.24, 2.45) is 0 Å². The first-order valence-electron chi connectivity index (χ1n) is 9.36. The van der Waals surface area contributed by atoms with Gasteiger partial charge in [-0.25, -0.2) is 0 Å². The SMILES string of the molecule is CCCSCCc1cccc2c1oc1c(-c3ccccc3C)cccc12. The van der Waals surface area contributed by atoms with Crippen molar-refractivity contribution >= 4 is 33.7 Å². The zero-order chi connectivity index (χ0) is 17.9. The predicted octanol–water partition coefficient (Wildman–Crippen LogP) is 7.25. The summed E-state index contributed by atoms with van der Waals surface area (Å²) in [5.74, 6) is 2.38. The zero-order valence-electron chi connectivity index (χ0n) is 15.4. The third-order valence-electron chi connectivity index (χ3n) is 4.91. The number of hydrogen-bond acceptors (Lipinski definition) is 2. The Labute approximate surface area is 159 Å². The van der Waals surface area contributed by atoms with E-state index >= 15 is 0 Å². The lowest BCUT2D eigenvalue weighted by Gasteiger charge is -2.06. The fourth-order valence-electron chi connectivity index (χ4n) is 3.59. The van der Waals surface area contributed by atoms with Crippen LogP contribution in [0.2, 0.25) is 0 Å². The Hall–Kier alpha value is -2.19. The summed E-state index contributed by atoms with van der Waals surface area (Å²) in [6, 6.07) is 21.6. The normalized spacial score (nSPS) is 11.5. The summed E-state index contributed by atoms with van der Waals surface area (Å²) in [6.07, 6.45) is 2.29. The van der Waals surface area contributed by atoms with E-state index in [1.54, 1.807) is 0 Å². The van der Waals surface area contributed by atoms with Gasteiger partial charge in [0.25, 0.3) is 0 Å². The van der Waals surface area contributed by atoms with E-state index in [0.29, 0.717) is 0 Å². The number of thioether (sulfide) groups is 1. The largest absolute Gasteiger partial charge is 0.455 e. The van der Waals surface area contributed by atoms with Gasteiger partial charge in [0.1, 0.15) is 11.2 Å². The molecule has 26 heavy (non-hydrogen) atoms. The molecule has 0 radical (unpaired) electrons. The Kier molecular flexibility index (Phi) is 5.03. The van der Waals surface area contributed by atoms with Crippen molar-refractivity contribution in [3.05, 3.63) is 71.8 Å². The lowest BCUT2D eigenvalue weighted by molar-refractivity contribution is 0.664. The van der Waals surface area contributed by atoms with E-state index in [4.69, 9.17) is 4.42 Å². The minimum absolute atomic E-state index is 1.01. The van der Waals surface area contributed by atoms with Gasteiger partial charge in [-0.15, -0.1) is 0 Å². The maximum Gasteiger partial charge on any atom is 0.143 e. The van der Waals surface area contributed by atoms with E-state index in [0.717, 1.165) is 23.3 Å². The van der Waals surface area contributed by atoms with Gasteiger partial charge in [-0.05, 0) is 48.0 Å². The van der Waals surface area contributed by atoms with Crippen LogP contribution in [0.15, 0.2) is 65.1 Å². The molecule has 3 aromatic carbocycles. The Morgan fingerprint density at radius 1 is 0.769 bits per heavy atom. The zero-order valence-corrected chi connectivity index (χ0v) is 16.2. The molecule has 1 aromatic heterocycles. The molecule has 0 atom stereocenters. The Balaban J connectivity index is 1.84. The van der Waals surface area contributed by atoms with Gasteiger partial charge in [0, 0.05) is 16.3 Å². The summed E-state index contributed by atoms with van der Waals surface area (Å²) >= 11 is 2.02. The third kappa shape index (κ3) is 3.14. The molecule has 0 saturated heterocycles. The molecule has 0 aliphatic carbocycles. The summed E-state index contributed by atoms with van der Waals surface area (Å²) < 4.78 is 6.47. The van der Waals surface area contributed by atoms with Crippen molar-refractivity contribution in [3.63, 3.8) is 0 Å². The van der Waals surface area contributed by atoms with Crippen LogP contribution in [0.1, 0.15) is 24.5 Å². The topological polar surface area (TPSA) is 13.1 Å². The number of fused-ring (bicyclic) bond motifs is 3.